The van der Waals surface area contributed by atoms with Crippen molar-refractivity contribution in [1.29, 1.82) is 5.26 Å². The van der Waals surface area contributed by atoms with E-state index in [9.17, 15) is 5.26 Å². The smallest absolute Gasteiger partial charge is 0.172 e. The average Bonchev–Trinajstić information content (AvgIpc) is 3.16. The Bertz CT molecular complexity index is 1240. The highest BCUT2D eigenvalue weighted by atomic mass is 32.1. The summed E-state index contributed by atoms with van der Waals surface area (Å²) < 4.78 is 0.973. The van der Waals surface area contributed by atoms with Gasteiger partial charge in [0.1, 0.15) is 26.9 Å². The molecule has 30 heavy (non-hydrogen) atoms. The molecule has 150 valence electrons. The molecule has 0 bridgehead atoms. The van der Waals surface area contributed by atoms with Crippen LogP contribution in [0.25, 0.3) is 20.4 Å². The zero-order valence-corrected chi connectivity index (χ0v) is 17.4. The first-order chi connectivity index (χ1) is 14.7. The summed E-state index contributed by atoms with van der Waals surface area (Å²) in [7, 11) is 2.13. The van der Waals surface area contributed by atoms with Crippen LogP contribution < -0.4 is 10.2 Å². The lowest BCUT2D eigenvalue weighted by Crippen LogP contribution is -2.44. The van der Waals surface area contributed by atoms with E-state index in [1.54, 1.807) is 11.3 Å². The summed E-state index contributed by atoms with van der Waals surface area (Å²) in [5.74, 6) is 1.44. The third kappa shape index (κ3) is 3.40. The minimum atomic E-state index is 0.498. The molecule has 1 aliphatic heterocycles. The highest BCUT2D eigenvalue weighted by Crippen LogP contribution is 2.37. The van der Waals surface area contributed by atoms with Gasteiger partial charge in [-0.15, -0.1) is 21.5 Å². The Kier molecular flexibility index (Phi) is 4.86. The molecule has 0 aliphatic carbocycles. The van der Waals surface area contributed by atoms with Gasteiger partial charge in [-0.3, -0.25) is 0 Å². The topological polar surface area (TPSA) is 93.9 Å². The molecule has 3 aromatic heterocycles. The molecule has 5 rings (SSSR count). The molecule has 1 saturated heterocycles. The van der Waals surface area contributed by atoms with Crippen LogP contribution in [0, 0.1) is 11.3 Å². The molecule has 0 atom stereocenters. The van der Waals surface area contributed by atoms with Gasteiger partial charge in [-0.25, -0.2) is 4.98 Å². The Morgan fingerprint density at radius 3 is 2.70 bits per heavy atom. The number of thiophene rings is 1. The molecule has 8 nitrogen and oxygen atoms in total. The normalized spacial score (nSPS) is 14.9. The van der Waals surface area contributed by atoms with E-state index < -0.39 is 0 Å². The number of rotatable bonds is 4. The highest BCUT2D eigenvalue weighted by Gasteiger charge is 2.22. The summed E-state index contributed by atoms with van der Waals surface area (Å²) >= 11 is 1.56. The van der Waals surface area contributed by atoms with Crippen molar-refractivity contribution in [1.82, 2.24) is 25.3 Å². The number of fused-ring (bicyclic) bond motifs is 3. The van der Waals surface area contributed by atoms with Gasteiger partial charge in [0.05, 0.1) is 5.56 Å². The van der Waals surface area contributed by atoms with Gasteiger partial charge in [0.25, 0.3) is 0 Å². The van der Waals surface area contributed by atoms with Crippen molar-refractivity contribution in [2.24, 2.45) is 0 Å². The van der Waals surface area contributed by atoms with E-state index in [4.69, 9.17) is 4.98 Å². The first-order valence-corrected chi connectivity index (χ1v) is 10.6. The first-order valence-electron chi connectivity index (χ1n) is 9.81. The van der Waals surface area contributed by atoms with Crippen LogP contribution in [-0.2, 0) is 6.54 Å². The predicted octanol–water partition coefficient (Wildman–Crippen LogP) is 2.87. The zero-order valence-electron chi connectivity index (χ0n) is 16.5. The van der Waals surface area contributed by atoms with Crippen molar-refractivity contribution >= 4 is 43.4 Å². The van der Waals surface area contributed by atoms with Crippen LogP contribution in [-0.4, -0.2) is 58.5 Å². The van der Waals surface area contributed by atoms with E-state index in [2.05, 4.69) is 43.6 Å². The average molecular weight is 417 g/mol. The van der Waals surface area contributed by atoms with Crippen LogP contribution in [0.5, 0.6) is 0 Å². The van der Waals surface area contributed by atoms with Crippen molar-refractivity contribution in [3.05, 3.63) is 47.5 Å². The van der Waals surface area contributed by atoms with Gasteiger partial charge in [-0.05, 0) is 23.9 Å². The second-order valence-electron chi connectivity index (χ2n) is 7.37. The number of nitrogens with zero attached hydrogens (tertiary/aromatic N) is 7. The highest BCUT2D eigenvalue weighted by molar-refractivity contribution is 7.26. The fraction of sp³-hybridized carbons (Fsp3) is 0.286. The van der Waals surface area contributed by atoms with Crippen molar-refractivity contribution in [3.8, 4) is 6.07 Å². The fourth-order valence-electron chi connectivity index (χ4n) is 3.64. The lowest BCUT2D eigenvalue weighted by molar-refractivity contribution is 0.312. The summed E-state index contributed by atoms with van der Waals surface area (Å²) in [6, 6.07) is 14.2. The first kappa shape index (κ1) is 18.7. The van der Waals surface area contributed by atoms with Crippen molar-refractivity contribution in [3.63, 3.8) is 0 Å². The van der Waals surface area contributed by atoms with E-state index in [1.165, 1.54) is 0 Å². The second kappa shape index (κ2) is 7.82. The Labute approximate surface area is 177 Å². The number of hydrogen-bond donors (Lipinski definition) is 1. The van der Waals surface area contributed by atoms with E-state index in [0.29, 0.717) is 17.9 Å². The van der Waals surface area contributed by atoms with Gasteiger partial charge in [-0.1, -0.05) is 30.3 Å². The van der Waals surface area contributed by atoms with Crippen LogP contribution in [0.4, 0.5) is 11.6 Å². The van der Waals surface area contributed by atoms with Crippen molar-refractivity contribution in [2.75, 3.05) is 43.4 Å². The predicted molar refractivity (Wildman–Crippen MR) is 119 cm³/mol. The molecule has 1 N–H and O–H groups in total. The number of nitrogens with one attached hydrogen (secondary N) is 1. The number of piperazine rings is 1. The van der Waals surface area contributed by atoms with E-state index >= 15 is 0 Å². The molecule has 0 amide bonds. The number of aromatic nitrogens is 4. The molecule has 9 heteroatoms. The number of likely N-dealkylation sites (N-methyl/N-ethyl adjacent to an activating group) is 1. The maximum atomic E-state index is 9.68. The summed E-state index contributed by atoms with van der Waals surface area (Å²) in [6.45, 7) is 4.38. The molecule has 1 aliphatic rings. The number of nitriles is 1. The van der Waals surface area contributed by atoms with Crippen LogP contribution in [0.3, 0.4) is 0 Å². The number of anilines is 2. The molecule has 4 heterocycles. The number of pyridine rings is 1. The lowest BCUT2D eigenvalue weighted by Gasteiger charge is -2.32. The third-order valence-corrected chi connectivity index (χ3v) is 6.45. The summed E-state index contributed by atoms with van der Waals surface area (Å²) in [5.41, 5.74) is 2.39. The van der Waals surface area contributed by atoms with Gasteiger partial charge in [0, 0.05) is 38.1 Å². The Hall–Kier alpha value is -3.35. The minimum Gasteiger partial charge on any atom is -0.365 e. The van der Waals surface area contributed by atoms with Gasteiger partial charge in [0.2, 0.25) is 0 Å². The molecule has 0 radical (unpaired) electrons. The number of benzene rings is 1. The van der Waals surface area contributed by atoms with E-state index in [-0.39, 0.29) is 0 Å². The summed E-state index contributed by atoms with van der Waals surface area (Å²) in [5, 5.41) is 26.5. The van der Waals surface area contributed by atoms with Crippen LogP contribution in [0.2, 0.25) is 0 Å². The molecular formula is C21H20N8S. The SMILES string of the molecule is CN1CCN(c2nnnc3c2sc2nc(NCc4ccccc4)c(C#N)cc23)CC1. The van der Waals surface area contributed by atoms with Crippen molar-refractivity contribution < 1.29 is 0 Å². The standard InChI is InChI=1S/C21H20N8S/c1-28-7-9-29(10-8-28)20-18-17(25-27-26-20)16-11-15(12-22)19(24-21(16)30-18)23-13-14-5-3-2-4-6-14/h2-6,11H,7-10,13H2,1H3,(H,23,24). The maximum Gasteiger partial charge on any atom is 0.172 e. The molecule has 0 spiro atoms. The monoisotopic (exact) mass is 416 g/mol. The fourth-order valence-corrected chi connectivity index (χ4v) is 4.75. The Balaban J connectivity index is 1.54. The van der Waals surface area contributed by atoms with Gasteiger partial charge >= 0.3 is 0 Å². The van der Waals surface area contributed by atoms with Crippen molar-refractivity contribution in [2.45, 2.75) is 6.54 Å². The van der Waals surface area contributed by atoms with Crippen LogP contribution in [0.15, 0.2) is 36.4 Å². The minimum absolute atomic E-state index is 0.498. The summed E-state index contributed by atoms with van der Waals surface area (Å²) in [4.78, 5) is 10.2. The van der Waals surface area contributed by atoms with Crippen LogP contribution >= 0.6 is 11.3 Å². The van der Waals surface area contributed by atoms with Gasteiger partial charge in [-0.2, -0.15) is 5.26 Å². The zero-order chi connectivity index (χ0) is 20.5. The van der Waals surface area contributed by atoms with E-state index in [0.717, 1.165) is 58.0 Å². The molecule has 1 aromatic carbocycles. The van der Waals surface area contributed by atoms with E-state index in [1.807, 2.05) is 36.4 Å². The second-order valence-corrected chi connectivity index (χ2v) is 8.37. The molecular weight excluding hydrogens is 396 g/mol. The molecule has 1 fully saturated rings. The number of hydrogen-bond acceptors (Lipinski definition) is 9. The summed E-state index contributed by atoms with van der Waals surface area (Å²) in [6.07, 6.45) is 0. The third-order valence-electron chi connectivity index (χ3n) is 5.37. The van der Waals surface area contributed by atoms with Crippen LogP contribution in [0.1, 0.15) is 11.1 Å². The van der Waals surface area contributed by atoms with Gasteiger partial charge < -0.3 is 15.1 Å². The maximum absolute atomic E-state index is 9.68. The molecule has 4 aromatic rings. The molecule has 0 unspecified atom stereocenters. The van der Waals surface area contributed by atoms with Gasteiger partial charge in [0.15, 0.2) is 5.82 Å². The quantitative estimate of drug-likeness (QED) is 0.543. The molecule has 0 saturated carbocycles. The Morgan fingerprint density at radius 1 is 1.13 bits per heavy atom. The largest absolute Gasteiger partial charge is 0.365 e. The Morgan fingerprint density at radius 2 is 1.93 bits per heavy atom. The lowest BCUT2D eigenvalue weighted by atomic mass is 10.2.